The van der Waals surface area contributed by atoms with Crippen molar-refractivity contribution >= 4 is 23.2 Å². The van der Waals surface area contributed by atoms with Gasteiger partial charge in [-0.15, -0.1) is 0 Å². The number of carbonyl (C=O) groups excluding carboxylic acids is 1. The van der Waals surface area contributed by atoms with Crippen molar-refractivity contribution in [2.45, 2.75) is 5.92 Å². The highest BCUT2D eigenvalue weighted by molar-refractivity contribution is 6.31. The van der Waals surface area contributed by atoms with E-state index in [1.54, 1.807) is 18.2 Å². The quantitative estimate of drug-likeness (QED) is 0.925. The number of rotatable bonds is 4. The fraction of sp³-hybridized carbons (Fsp3) is 0.417. The van der Waals surface area contributed by atoms with E-state index in [0.717, 1.165) is 0 Å². The summed E-state index contributed by atoms with van der Waals surface area (Å²) in [5, 5.41) is 3.04. The van der Waals surface area contributed by atoms with Crippen LogP contribution in [0.5, 0.6) is 5.75 Å². The Kier molecular flexibility index (Phi) is 3.91. The molecule has 19 heavy (non-hydrogen) atoms. The van der Waals surface area contributed by atoms with Crippen molar-refractivity contribution in [3.8, 4) is 5.75 Å². The molecule has 1 amide bonds. The number of nitrogens with zero attached hydrogens (tertiary/aromatic N) is 1. The van der Waals surface area contributed by atoms with Gasteiger partial charge in [0.1, 0.15) is 5.75 Å². The minimum atomic E-state index is -2.67. The molecule has 0 radical (unpaired) electrons. The summed E-state index contributed by atoms with van der Waals surface area (Å²) >= 11 is 5.82. The summed E-state index contributed by atoms with van der Waals surface area (Å²) < 4.78 is 30.3. The molecule has 1 aromatic carbocycles. The van der Waals surface area contributed by atoms with Crippen molar-refractivity contribution in [2.75, 3.05) is 32.1 Å². The fourth-order valence-electron chi connectivity index (χ4n) is 1.89. The van der Waals surface area contributed by atoms with Gasteiger partial charge in [-0.05, 0) is 18.2 Å². The maximum Gasteiger partial charge on any atom is 0.272 e. The average Bonchev–Trinajstić information content (AvgIpc) is 2.26. The largest absolute Gasteiger partial charge is 0.495 e. The third kappa shape index (κ3) is 3.54. The highest BCUT2D eigenvalue weighted by Crippen LogP contribution is 2.29. The van der Waals surface area contributed by atoms with Crippen LogP contribution >= 0.6 is 11.6 Å². The molecule has 1 N–H and O–H groups in total. The van der Waals surface area contributed by atoms with Crippen molar-refractivity contribution in [1.29, 1.82) is 0 Å². The van der Waals surface area contributed by atoms with Crippen LogP contribution in [-0.4, -0.2) is 43.5 Å². The maximum absolute atomic E-state index is 12.6. The SMILES string of the molecule is COc1ccc(Cl)cc1NC(=O)CN1CC(F)(F)C1. The minimum Gasteiger partial charge on any atom is -0.495 e. The molecular weight excluding hydrogens is 278 g/mol. The lowest BCUT2D eigenvalue weighted by Gasteiger charge is -2.38. The molecule has 1 heterocycles. The highest BCUT2D eigenvalue weighted by Gasteiger charge is 2.44. The van der Waals surface area contributed by atoms with Gasteiger partial charge < -0.3 is 10.1 Å². The molecule has 104 valence electrons. The average molecular weight is 291 g/mol. The van der Waals surface area contributed by atoms with E-state index < -0.39 is 5.92 Å². The molecule has 0 spiro atoms. The summed E-state index contributed by atoms with van der Waals surface area (Å²) in [6.45, 7) is -0.842. The van der Waals surface area contributed by atoms with E-state index in [4.69, 9.17) is 16.3 Å². The number of halogens is 3. The number of amides is 1. The van der Waals surface area contributed by atoms with E-state index in [-0.39, 0.29) is 25.5 Å². The van der Waals surface area contributed by atoms with E-state index in [1.807, 2.05) is 0 Å². The molecule has 1 aliphatic heterocycles. The zero-order valence-electron chi connectivity index (χ0n) is 10.3. The summed E-state index contributed by atoms with van der Waals surface area (Å²) in [5.41, 5.74) is 0.423. The van der Waals surface area contributed by atoms with Gasteiger partial charge in [0.25, 0.3) is 5.92 Å². The predicted octanol–water partition coefficient (Wildman–Crippen LogP) is 2.24. The molecule has 1 aliphatic rings. The Labute approximate surface area is 114 Å². The summed E-state index contributed by atoms with van der Waals surface area (Å²) in [4.78, 5) is 13.1. The second-order valence-corrected chi connectivity index (χ2v) is 4.83. The second kappa shape index (κ2) is 5.30. The first-order valence-electron chi connectivity index (χ1n) is 5.63. The maximum atomic E-state index is 12.6. The third-order valence-corrected chi connectivity index (χ3v) is 2.95. The highest BCUT2D eigenvalue weighted by atomic mass is 35.5. The lowest BCUT2D eigenvalue weighted by Crippen LogP contribution is -2.57. The number of alkyl halides is 2. The molecule has 0 saturated carbocycles. The standard InChI is InChI=1S/C12H13ClF2N2O2/c1-19-10-3-2-8(13)4-9(10)16-11(18)5-17-6-12(14,15)7-17/h2-4H,5-7H2,1H3,(H,16,18). The first kappa shape index (κ1) is 14.0. The molecule has 0 atom stereocenters. The van der Waals surface area contributed by atoms with E-state index in [1.165, 1.54) is 12.0 Å². The Morgan fingerprint density at radius 3 is 2.79 bits per heavy atom. The molecule has 2 rings (SSSR count). The molecular formula is C12H13ClF2N2O2. The van der Waals surface area contributed by atoms with Crippen LogP contribution in [0.3, 0.4) is 0 Å². The molecule has 0 unspecified atom stereocenters. The molecule has 1 saturated heterocycles. The zero-order valence-corrected chi connectivity index (χ0v) is 11.0. The van der Waals surface area contributed by atoms with Gasteiger partial charge >= 0.3 is 0 Å². The number of carbonyl (C=O) groups is 1. The molecule has 1 aromatic rings. The van der Waals surface area contributed by atoms with Crippen molar-refractivity contribution in [3.63, 3.8) is 0 Å². The molecule has 1 fully saturated rings. The monoisotopic (exact) mass is 290 g/mol. The first-order chi connectivity index (χ1) is 8.89. The third-order valence-electron chi connectivity index (χ3n) is 2.71. The van der Waals surface area contributed by atoms with Gasteiger partial charge in [-0.1, -0.05) is 11.6 Å². The topological polar surface area (TPSA) is 41.6 Å². The van der Waals surface area contributed by atoms with Gasteiger partial charge in [0, 0.05) is 5.02 Å². The molecule has 7 heteroatoms. The lowest BCUT2D eigenvalue weighted by molar-refractivity contribution is -0.141. The molecule has 0 aliphatic carbocycles. The van der Waals surface area contributed by atoms with Crippen LogP contribution < -0.4 is 10.1 Å². The van der Waals surface area contributed by atoms with Gasteiger partial charge in [-0.25, -0.2) is 8.78 Å². The van der Waals surface area contributed by atoms with Crippen LogP contribution in [-0.2, 0) is 4.79 Å². The predicted molar refractivity (Wildman–Crippen MR) is 68.0 cm³/mol. The number of likely N-dealkylation sites (tertiary alicyclic amines) is 1. The number of methoxy groups -OCH3 is 1. The zero-order chi connectivity index (χ0) is 14.0. The van der Waals surface area contributed by atoms with Gasteiger partial charge in [0.2, 0.25) is 5.91 Å². The number of anilines is 1. The summed E-state index contributed by atoms with van der Waals surface area (Å²) in [7, 11) is 1.47. The van der Waals surface area contributed by atoms with Crippen LogP contribution in [0.15, 0.2) is 18.2 Å². The number of benzene rings is 1. The van der Waals surface area contributed by atoms with Crippen molar-refractivity contribution in [2.24, 2.45) is 0 Å². The smallest absolute Gasteiger partial charge is 0.272 e. The Hall–Kier alpha value is -1.40. The minimum absolute atomic E-state index is 0.0781. The van der Waals surface area contributed by atoms with Gasteiger partial charge in [-0.3, -0.25) is 9.69 Å². The number of nitrogens with one attached hydrogen (secondary N) is 1. The van der Waals surface area contributed by atoms with Crippen LogP contribution in [0.1, 0.15) is 0 Å². The number of hydrogen-bond donors (Lipinski definition) is 1. The summed E-state index contributed by atoms with van der Waals surface area (Å²) in [5.74, 6) is -2.59. The molecule has 4 nitrogen and oxygen atoms in total. The Balaban J connectivity index is 1.94. The number of hydrogen-bond acceptors (Lipinski definition) is 3. The molecule has 0 bridgehead atoms. The second-order valence-electron chi connectivity index (χ2n) is 4.39. The Morgan fingerprint density at radius 2 is 2.21 bits per heavy atom. The fourth-order valence-corrected chi connectivity index (χ4v) is 2.06. The van der Waals surface area contributed by atoms with E-state index >= 15 is 0 Å². The Bertz CT molecular complexity index is 489. The molecule has 0 aromatic heterocycles. The lowest BCUT2D eigenvalue weighted by atomic mass is 10.1. The van der Waals surface area contributed by atoms with Crippen LogP contribution in [0.25, 0.3) is 0 Å². The van der Waals surface area contributed by atoms with Gasteiger partial charge in [0.15, 0.2) is 0 Å². The first-order valence-corrected chi connectivity index (χ1v) is 6.01. The van der Waals surface area contributed by atoms with E-state index in [9.17, 15) is 13.6 Å². The Morgan fingerprint density at radius 1 is 1.53 bits per heavy atom. The van der Waals surface area contributed by atoms with E-state index in [0.29, 0.717) is 16.5 Å². The van der Waals surface area contributed by atoms with Crippen molar-refractivity contribution in [3.05, 3.63) is 23.2 Å². The van der Waals surface area contributed by atoms with Crippen LogP contribution in [0.4, 0.5) is 14.5 Å². The van der Waals surface area contributed by atoms with Crippen molar-refractivity contribution < 1.29 is 18.3 Å². The van der Waals surface area contributed by atoms with E-state index in [2.05, 4.69) is 5.32 Å². The number of ether oxygens (including phenoxy) is 1. The normalized spacial score (nSPS) is 17.7. The van der Waals surface area contributed by atoms with Crippen LogP contribution in [0, 0.1) is 0 Å². The van der Waals surface area contributed by atoms with Crippen LogP contribution in [0.2, 0.25) is 5.02 Å². The summed E-state index contributed by atoms with van der Waals surface area (Å²) in [6, 6.07) is 4.80. The van der Waals surface area contributed by atoms with Gasteiger partial charge in [-0.2, -0.15) is 0 Å². The van der Waals surface area contributed by atoms with Crippen molar-refractivity contribution in [1.82, 2.24) is 4.90 Å². The van der Waals surface area contributed by atoms with Gasteiger partial charge in [0.05, 0.1) is 32.4 Å². The summed E-state index contributed by atoms with van der Waals surface area (Å²) in [6.07, 6.45) is 0.